The maximum Gasteiger partial charge on any atom is 0.183 e. The van der Waals surface area contributed by atoms with Crippen molar-refractivity contribution in [3.05, 3.63) is 29.0 Å². The van der Waals surface area contributed by atoms with Gasteiger partial charge in [0.05, 0.1) is 0 Å². The molecular weight excluding hydrogens is 200 g/mol. The van der Waals surface area contributed by atoms with Gasteiger partial charge in [0.1, 0.15) is 5.82 Å². The van der Waals surface area contributed by atoms with Crippen LogP contribution in [0.5, 0.6) is 0 Å². The molecule has 2 aromatic rings. The molecule has 0 spiro atoms. The van der Waals surface area contributed by atoms with E-state index in [9.17, 15) is 0 Å². The number of anilines is 1. The summed E-state index contributed by atoms with van der Waals surface area (Å²) in [7, 11) is 0. The summed E-state index contributed by atoms with van der Waals surface area (Å²) < 4.78 is 0. The molecular formula is C9H9ClN4. The summed E-state index contributed by atoms with van der Waals surface area (Å²) in [5.41, 5.74) is 7.15. The van der Waals surface area contributed by atoms with Gasteiger partial charge < -0.3 is 5.73 Å². The second-order valence-corrected chi connectivity index (χ2v) is 3.41. The average molecular weight is 209 g/mol. The van der Waals surface area contributed by atoms with Crippen molar-refractivity contribution in [3.63, 3.8) is 0 Å². The number of aromatic nitrogens is 3. The maximum atomic E-state index is 5.78. The number of rotatable bonds is 1. The first-order valence-corrected chi connectivity index (χ1v) is 4.49. The minimum absolute atomic E-state index is 0.580. The summed E-state index contributed by atoms with van der Waals surface area (Å²) in [6.07, 6.45) is 0. The van der Waals surface area contributed by atoms with Gasteiger partial charge in [-0.1, -0.05) is 11.6 Å². The number of aromatic amines is 1. The number of aryl methyl sites for hydroxylation is 1. The van der Waals surface area contributed by atoms with Gasteiger partial charge in [-0.3, -0.25) is 5.10 Å². The number of nitrogens with zero attached hydrogens (tertiary/aromatic N) is 2. The van der Waals surface area contributed by atoms with E-state index in [0.717, 1.165) is 11.4 Å². The van der Waals surface area contributed by atoms with Crippen molar-refractivity contribution < 1.29 is 0 Å². The fourth-order valence-electron chi connectivity index (χ4n) is 1.20. The SMILES string of the molecule is Cc1nc(-c2ccc(Cl)cc2N)n[nH]1. The number of nitrogen functional groups attached to an aromatic ring is 1. The van der Waals surface area contributed by atoms with E-state index in [1.807, 2.05) is 6.92 Å². The highest BCUT2D eigenvalue weighted by atomic mass is 35.5. The van der Waals surface area contributed by atoms with Gasteiger partial charge in [0.15, 0.2) is 5.82 Å². The molecule has 1 aromatic carbocycles. The lowest BCUT2D eigenvalue weighted by molar-refractivity contribution is 1.04. The van der Waals surface area contributed by atoms with Crippen LogP contribution < -0.4 is 5.73 Å². The second kappa shape index (κ2) is 3.31. The normalized spacial score (nSPS) is 10.4. The lowest BCUT2D eigenvalue weighted by Crippen LogP contribution is -1.91. The van der Waals surface area contributed by atoms with Crippen molar-refractivity contribution >= 4 is 17.3 Å². The van der Waals surface area contributed by atoms with Crippen LogP contribution in [0.15, 0.2) is 18.2 Å². The molecule has 1 aromatic heterocycles. The Labute approximate surface area is 86.1 Å². The van der Waals surface area contributed by atoms with Crippen molar-refractivity contribution in [2.75, 3.05) is 5.73 Å². The van der Waals surface area contributed by atoms with E-state index in [1.54, 1.807) is 18.2 Å². The Bertz CT molecular complexity index is 464. The van der Waals surface area contributed by atoms with Crippen LogP contribution >= 0.6 is 11.6 Å². The summed E-state index contributed by atoms with van der Waals surface area (Å²) in [4.78, 5) is 4.18. The van der Waals surface area contributed by atoms with Crippen LogP contribution in [0.2, 0.25) is 5.02 Å². The quantitative estimate of drug-likeness (QED) is 0.705. The van der Waals surface area contributed by atoms with Crippen LogP contribution in [-0.2, 0) is 0 Å². The molecule has 0 aliphatic rings. The van der Waals surface area contributed by atoms with E-state index >= 15 is 0 Å². The molecule has 0 unspecified atom stereocenters. The molecule has 72 valence electrons. The van der Waals surface area contributed by atoms with E-state index in [4.69, 9.17) is 17.3 Å². The third-order valence-corrected chi connectivity index (χ3v) is 2.09. The fraction of sp³-hybridized carbons (Fsp3) is 0.111. The monoisotopic (exact) mass is 208 g/mol. The zero-order valence-electron chi connectivity index (χ0n) is 7.58. The Balaban J connectivity index is 2.52. The first-order chi connectivity index (χ1) is 6.66. The molecule has 0 amide bonds. The third kappa shape index (κ3) is 1.56. The molecule has 1 heterocycles. The zero-order valence-corrected chi connectivity index (χ0v) is 8.34. The van der Waals surface area contributed by atoms with Gasteiger partial charge in [0.25, 0.3) is 0 Å². The largest absolute Gasteiger partial charge is 0.398 e. The van der Waals surface area contributed by atoms with Crippen LogP contribution in [0, 0.1) is 6.92 Å². The van der Waals surface area contributed by atoms with Gasteiger partial charge in [-0.15, -0.1) is 0 Å². The van der Waals surface area contributed by atoms with Gasteiger partial charge >= 0.3 is 0 Å². The van der Waals surface area contributed by atoms with E-state index in [0.29, 0.717) is 16.5 Å². The molecule has 4 nitrogen and oxygen atoms in total. The number of nitrogens with one attached hydrogen (secondary N) is 1. The number of halogens is 1. The Morgan fingerprint density at radius 3 is 2.79 bits per heavy atom. The highest BCUT2D eigenvalue weighted by molar-refractivity contribution is 6.31. The van der Waals surface area contributed by atoms with E-state index in [1.165, 1.54) is 0 Å². The number of hydrogen-bond acceptors (Lipinski definition) is 3. The number of H-pyrrole nitrogens is 1. The van der Waals surface area contributed by atoms with Crippen molar-refractivity contribution in [2.24, 2.45) is 0 Å². The van der Waals surface area contributed by atoms with Gasteiger partial charge in [0, 0.05) is 16.3 Å². The molecule has 0 bridgehead atoms. The molecule has 0 fully saturated rings. The molecule has 3 N–H and O–H groups in total. The summed E-state index contributed by atoms with van der Waals surface area (Å²) >= 11 is 5.78. The summed E-state index contributed by atoms with van der Waals surface area (Å²) in [5.74, 6) is 1.35. The Morgan fingerprint density at radius 1 is 1.43 bits per heavy atom. The highest BCUT2D eigenvalue weighted by Gasteiger charge is 2.07. The lowest BCUT2D eigenvalue weighted by atomic mass is 10.2. The Morgan fingerprint density at radius 2 is 2.21 bits per heavy atom. The van der Waals surface area contributed by atoms with Crippen LogP contribution in [0.4, 0.5) is 5.69 Å². The van der Waals surface area contributed by atoms with Crippen LogP contribution in [0.1, 0.15) is 5.82 Å². The number of hydrogen-bond donors (Lipinski definition) is 2. The number of nitrogens with two attached hydrogens (primary N) is 1. The molecule has 0 aliphatic heterocycles. The van der Waals surface area contributed by atoms with Crippen molar-refractivity contribution in [2.45, 2.75) is 6.92 Å². The molecule has 14 heavy (non-hydrogen) atoms. The van der Waals surface area contributed by atoms with Gasteiger partial charge in [-0.05, 0) is 25.1 Å². The predicted molar refractivity (Wildman–Crippen MR) is 56.0 cm³/mol. The lowest BCUT2D eigenvalue weighted by Gasteiger charge is -2.00. The smallest absolute Gasteiger partial charge is 0.183 e. The summed E-state index contributed by atoms with van der Waals surface area (Å²) in [6.45, 7) is 1.84. The molecule has 0 aliphatic carbocycles. The highest BCUT2D eigenvalue weighted by Crippen LogP contribution is 2.25. The van der Waals surface area contributed by atoms with Crippen molar-refractivity contribution in [1.29, 1.82) is 0 Å². The van der Waals surface area contributed by atoms with Gasteiger partial charge in [-0.25, -0.2) is 4.98 Å². The first kappa shape index (κ1) is 9.02. The van der Waals surface area contributed by atoms with Crippen LogP contribution in [0.3, 0.4) is 0 Å². The average Bonchev–Trinajstić information content (AvgIpc) is 2.51. The Kier molecular flexibility index (Phi) is 2.13. The van der Waals surface area contributed by atoms with Crippen LogP contribution in [-0.4, -0.2) is 15.2 Å². The minimum atomic E-state index is 0.580. The summed E-state index contributed by atoms with van der Waals surface area (Å²) in [6, 6.07) is 5.25. The fourth-order valence-corrected chi connectivity index (χ4v) is 1.38. The maximum absolute atomic E-state index is 5.78. The van der Waals surface area contributed by atoms with Gasteiger partial charge in [-0.2, -0.15) is 5.10 Å². The number of benzene rings is 1. The van der Waals surface area contributed by atoms with Crippen molar-refractivity contribution in [1.82, 2.24) is 15.2 Å². The molecule has 0 saturated heterocycles. The summed E-state index contributed by atoms with van der Waals surface area (Å²) in [5, 5.41) is 7.39. The van der Waals surface area contributed by atoms with E-state index < -0.39 is 0 Å². The zero-order chi connectivity index (χ0) is 10.1. The van der Waals surface area contributed by atoms with Crippen molar-refractivity contribution in [3.8, 4) is 11.4 Å². The molecule has 0 radical (unpaired) electrons. The van der Waals surface area contributed by atoms with Gasteiger partial charge in [0.2, 0.25) is 0 Å². The van der Waals surface area contributed by atoms with E-state index in [2.05, 4.69) is 15.2 Å². The molecule has 5 heteroatoms. The minimum Gasteiger partial charge on any atom is -0.398 e. The van der Waals surface area contributed by atoms with Crippen LogP contribution in [0.25, 0.3) is 11.4 Å². The molecule has 2 rings (SSSR count). The van der Waals surface area contributed by atoms with E-state index in [-0.39, 0.29) is 0 Å². The predicted octanol–water partition coefficient (Wildman–Crippen LogP) is 2.02. The second-order valence-electron chi connectivity index (χ2n) is 2.98. The Hall–Kier alpha value is -1.55. The third-order valence-electron chi connectivity index (χ3n) is 1.85. The molecule has 0 saturated carbocycles. The first-order valence-electron chi connectivity index (χ1n) is 4.11. The molecule has 0 atom stereocenters. The topological polar surface area (TPSA) is 67.6 Å². The standard InChI is InChI=1S/C9H9ClN4/c1-5-12-9(14-13-5)7-3-2-6(10)4-8(7)11/h2-4H,11H2,1H3,(H,12,13,14).